The number of fused-ring (bicyclic) bond motifs is 1. The predicted molar refractivity (Wildman–Crippen MR) is 114 cm³/mol. The maximum absolute atomic E-state index is 11.0. The third-order valence-electron chi connectivity index (χ3n) is 4.10. The van der Waals surface area contributed by atoms with Gasteiger partial charge in [0.2, 0.25) is 5.95 Å². The molecule has 0 saturated carbocycles. The molecule has 0 amide bonds. The summed E-state index contributed by atoms with van der Waals surface area (Å²) in [4.78, 5) is 19.8. The van der Waals surface area contributed by atoms with E-state index in [1.807, 2.05) is 36.4 Å². The van der Waals surface area contributed by atoms with Gasteiger partial charge in [0, 0.05) is 38.3 Å². The van der Waals surface area contributed by atoms with Crippen molar-refractivity contribution in [3.8, 4) is 11.3 Å². The first-order valence-electron chi connectivity index (χ1n) is 8.25. The predicted octanol–water partition coefficient (Wildman–Crippen LogP) is 6.36. The van der Waals surface area contributed by atoms with Crippen molar-refractivity contribution in [1.29, 1.82) is 0 Å². The van der Waals surface area contributed by atoms with Gasteiger partial charge in [-0.1, -0.05) is 51.8 Å². The Balaban J connectivity index is 1.87. The van der Waals surface area contributed by atoms with Crippen LogP contribution in [0.4, 0.5) is 17.3 Å². The van der Waals surface area contributed by atoms with E-state index in [1.165, 1.54) is 12.1 Å². The number of hydrogen-bond acceptors (Lipinski definition) is 5. The maximum atomic E-state index is 11.0. The summed E-state index contributed by atoms with van der Waals surface area (Å²) in [7, 11) is 0. The zero-order valence-corrected chi connectivity index (χ0v) is 16.6. The quantitative estimate of drug-likeness (QED) is 0.286. The molecule has 3 aromatic carbocycles. The molecule has 1 N–H and O–H groups in total. The average Bonchev–Trinajstić information content (AvgIpc) is 2.68. The minimum Gasteiger partial charge on any atom is -0.324 e. The van der Waals surface area contributed by atoms with Crippen LogP contribution in [0.15, 0.2) is 71.2 Å². The number of hydrogen-bond donors (Lipinski definition) is 1. The number of anilines is 2. The van der Waals surface area contributed by atoms with E-state index < -0.39 is 4.92 Å². The summed E-state index contributed by atoms with van der Waals surface area (Å²) in [5, 5.41) is 15.5. The maximum Gasteiger partial charge on any atom is 0.271 e. The Morgan fingerprint density at radius 3 is 2.61 bits per heavy atom. The molecule has 0 aliphatic carbocycles. The molecule has 0 radical (unpaired) electrons. The third-order valence-corrected chi connectivity index (χ3v) is 4.92. The molecule has 4 rings (SSSR count). The lowest BCUT2D eigenvalue weighted by molar-refractivity contribution is -0.384. The summed E-state index contributed by atoms with van der Waals surface area (Å²) in [6.45, 7) is 0. The Morgan fingerprint density at radius 2 is 1.82 bits per heavy atom. The molecular formula is C20H12BrClN4O2. The minimum atomic E-state index is -0.445. The highest BCUT2D eigenvalue weighted by Gasteiger charge is 2.14. The Morgan fingerprint density at radius 1 is 1.00 bits per heavy atom. The fourth-order valence-electron chi connectivity index (χ4n) is 2.84. The van der Waals surface area contributed by atoms with Gasteiger partial charge in [-0.3, -0.25) is 10.1 Å². The second-order valence-electron chi connectivity index (χ2n) is 5.97. The van der Waals surface area contributed by atoms with E-state index in [2.05, 4.69) is 31.2 Å². The van der Waals surface area contributed by atoms with Crippen LogP contribution in [0.3, 0.4) is 0 Å². The molecule has 8 heteroatoms. The van der Waals surface area contributed by atoms with E-state index in [-0.39, 0.29) is 5.69 Å². The number of nitro groups is 1. The van der Waals surface area contributed by atoms with Crippen LogP contribution >= 0.6 is 27.5 Å². The molecule has 0 saturated heterocycles. The van der Waals surface area contributed by atoms with Gasteiger partial charge in [0.05, 0.1) is 16.1 Å². The number of non-ortho nitro benzene ring substituents is 1. The highest BCUT2D eigenvalue weighted by molar-refractivity contribution is 9.10. The SMILES string of the molecule is O=[N+]([O-])c1cccc(Nc2nc(-c3ccccc3Cl)c3cc(Br)ccc3n2)c1. The van der Waals surface area contributed by atoms with Crippen LogP contribution in [0.2, 0.25) is 5.02 Å². The summed E-state index contributed by atoms with van der Waals surface area (Å²) < 4.78 is 0.899. The van der Waals surface area contributed by atoms with Gasteiger partial charge < -0.3 is 5.32 Å². The molecule has 0 aliphatic heterocycles. The van der Waals surface area contributed by atoms with Crippen molar-refractivity contribution in [3.63, 3.8) is 0 Å². The van der Waals surface area contributed by atoms with Crippen LogP contribution < -0.4 is 5.32 Å². The van der Waals surface area contributed by atoms with E-state index in [0.717, 1.165) is 20.9 Å². The second-order valence-corrected chi connectivity index (χ2v) is 7.29. The van der Waals surface area contributed by atoms with Gasteiger partial charge in [0.1, 0.15) is 0 Å². The van der Waals surface area contributed by atoms with Gasteiger partial charge in [0.15, 0.2) is 0 Å². The first kappa shape index (κ1) is 18.3. The molecular weight excluding hydrogens is 444 g/mol. The number of halogens is 2. The van der Waals surface area contributed by atoms with Gasteiger partial charge in [0.25, 0.3) is 5.69 Å². The van der Waals surface area contributed by atoms with E-state index >= 15 is 0 Å². The van der Waals surface area contributed by atoms with E-state index in [9.17, 15) is 10.1 Å². The first-order chi connectivity index (χ1) is 13.5. The zero-order valence-electron chi connectivity index (χ0n) is 14.3. The number of benzene rings is 3. The van der Waals surface area contributed by atoms with E-state index in [1.54, 1.807) is 18.2 Å². The molecule has 0 fully saturated rings. The molecule has 138 valence electrons. The standard InChI is InChI=1S/C20H12BrClN4O2/c21-12-8-9-18-16(10-12)19(15-6-1-2-7-17(15)22)25-20(24-18)23-13-4-3-5-14(11-13)26(27)28/h1-11H,(H,23,24,25). The van der Waals surface area contributed by atoms with Gasteiger partial charge >= 0.3 is 0 Å². The summed E-state index contributed by atoms with van der Waals surface area (Å²) in [6.07, 6.45) is 0. The van der Waals surface area contributed by atoms with Crippen molar-refractivity contribution in [3.05, 3.63) is 86.3 Å². The molecule has 28 heavy (non-hydrogen) atoms. The molecule has 0 bridgehead atoms. The topological polar surface area (TPSA) is 81.0 Å². The molecule has 1 aromatic heterocycles. The number of rotatable bonds is 4. The van der Waals surface area contributed by atoms with Crippen LogP contribution in [-0.4, -0.2) is 14.9 Å². The largest absolute Gasteiger partial charge is 0.324 e. The van der Waals surface area contributed by atoms with Gasteiger partial charge in [-0.2, -0.15) is 0 Å². The molecule has 0 unspecified atom stereocenters. The van der Waals surface area contributed by atoms with Crippen molar-refractivity contribution in [2.24, 2.45) is 0 Å². The second kappa shape index (κ2) is 7.53. The van der Waals surface area contributed by atoms with Crippen LogP contribution in [-0.2, 0) is 0 Å². The summed E-state index contributed by atoms with van der Waals surface area (Å²) >= 11 is 9.88. The minimum absolute atomic E-state index is 0.0129. The lowest BCUT2D eigenvalue weighted by Crippen LogP contribution is -2.00. The van der Waals surface area contributed by atoms with Crippen molar-refractivity contribution in [2.45, 2.75) is 0 Å². The van der Waals surface area contributed by atoms with E-state index in [4.69, 9.17) is 11.6 Å². The Kier molecular flexibility index (Phi) is 4.93. The third kappa shape index (κ3) is 3.67. The monoisotopic (exact) mass is 454 g/mol. The number of nitrogens with zero attached hydrogens (tertiary/aromatic N) is 3. The molecule has 0 atom stereocenters. The lowest BCUT2D eigenvalue weighted by Gasteiger charge is -2.12. The Hall–Kier alpha value is -3.03. The lowest BCUT2D eigenvalue weighted by atomic mass is 10.1. The van der Waals surface area contributed by atoms with E-state index in [0.29, 0.717) is 22.4 Å². The fraction of sp³-hybridized carbons (Fsp3) is 0. The van der Waals surface area contributed by atoms with Gasteiger partial charge in [-0.25, -0.2) is 9.97 Å². The fourth-order valence-corrected chi connectivity index (χ4v) is 3.43. The van der Waals surface area contributed by atoms with Gasteiger partial charge in [-0.05, 0) is 30.3 Å². The Bertz CT molecular complexity index is 1220. The van der Waals surface area contributed by atoms with Crippen molar-refractivity contribution >= 4 is 55.8 Å². The van der Waals surface area contributed by atoms with Crippen LogP contribution in [0.1, 0.15) is 0 Å². The normalized spacial score (nSPS) is 10.8. The molecule has 6 nitrogen and oxygen atoms in total. The number of aromatic nitrogens is 2. The number of nitrogens with one attached hydrogen (secondary N) is 1. The first-order valence-corrected chi connectivity index (χ1v) is 9.42. The molecule has 0 spiro atoms. The van der Waals surface area contributed by atoms with Crippen molar-refractivity contribution < 1.29 is 4.92 Å². The zero-order chi connectivity index (χ0) is 19.7. The molecule has 0 aliphatic rings. The summed E-state index contributed by atoms with van der Waals surface area (Å²) in [6, 6.07) is 19.3. The highest BCUT2D eigenvalue weighted by Crippen LogP contribution is 2.34. The van der Waals surface area contributed by atoms with Crippen LogP contribution in [0.5, 0.6) is 0 Å². The van der Waals surface area contributed by atoms with Crippen molar-refractivity contribution in [2.75, 3.05) is 5.32 Å². The summed E-state index contributed by atoms with van der Waals surface area (Å²) in [5.74, 6) is 0.324. The molecule has 4 aromatic rings. The van der Waals surface area contributed by atoms with Crippen molar-refractivity contribution in [1.82, 2.24) is 9.97 Å². The molecule has 1 heterocycles. The Labute approximate surface area is 173 Å². The van der Waals surface area contributed by atoms with Crippen LogP contribution in [0, 0.1) is 10.1 Å². The number of nitro benzene ring substituents is 1. The highest BCUT2D eigenvalue weighted by atomic mass is 79.9. The van der Waals surface area contributed by atoms with Gasteiger partial charge in [-0.15, -0.1) is 0 Å². The smallest absolute Gasteiger partial charge is 0.271 e. The van der Waals surface area contributed by atoms with Crippen LogP contribution in [0.25, 0.3) is 22.2 Å². The average molecular weight is 456 g/mol. The summed E-state index contributed by atoms with van der Waals surface area (Å²) in [5.41, 5.74) is 2.68.